The summed E-state index contributed by atoms with van der Waals surface area (Å²) in [7, 11) is -3.28. The minimum atomic E-state index is -3.28. The zero-order valence-corrected chi connectivity index (χ0v) is 11.5. The fourth-order valence-corrected chi connectivity index (χ4v) is 2.49. The molecule has 0 amide bonds. The van der Waals surface area contributed by atoms with Crippen LogP contribution >= 0.6 is 0 Å². The van der Waals surface area contributed by atoms with Crippen molar-refractivity contribution in [3.8, 4) is 11.1 Å². The fourth-order valence-electron chi connectivity index (χ4n) is 1.86. The van der Waals surface area contributed by atoms with Gasteiger partial charge in [0.05, 0.1) is 4.90 Å². The SMILES string of the molecule is CS(=O)(=O)c1ccc(-c2cc(N)cc(C(F)F)c2)cc1. The summed E-state index contributed by atoms with van der Waals surface area (Å²) in [4.78, 5) is 0.180. The lowest BCUT2D eigenvalue weighted by atomic mass is 10.0. The van der Waals surface area contributed by atoms with Crippen LogP contribution in [0.2, 0.25) is 0 Å². The lowest BCUT2D eigenvalue weighted by molar-refractivity contribution is 0.151. The summed E-state index contributed by atoms with van der Waals surface area (Å²) in [5.41, 5.74) is 6.84. The summed E-state index contributed by atoms with van der Waals surface area (Å²) in [6, 6.07) is 10.2. The molecule has 20 heavy (non-hydrogen) atoms. The van der Waals surface area contributed by atoms with E-state index in [1.807, 2.05) is 0 Å². The first-order valence-electron chi connectivity index (χ1n) is 5.76. The van der Waals surface area contributed by atoms with Gasteiger partial charge in [-0.25, -0.2) is 17.2 Å². The van der Waals surface area contributed by atoms with Crippen LogP contribution < -0.4 is 5.73 Å². The number of nitrogen functional groups attached to an aromatic ring is 1. The molecule has 0 fully saturated rings. The average molecular weight is 297 g/mol. The van der Waals surface area contributed by atoms with Gasteiger partial charge in [-0.15, -0.1) is 0 Å². The highest BCUT2D eigenvalue weighted by Gasteiger charge is 2.11. The number of halogens is 2. The van der Waals surface area contributed by atoms with E-state index in [2.05, 4.69) is 0 Å². The zero-order chi connectivity index (χ0) is 14.9. The monoisotopic (exact) mass is 297 g/mol. The van der Waals surface area contributed by atoms with Crippen molar-refractivity contribution in [1.82, 2.24) is 0 Å². The maximum Gasteiger partial charge on any atom is 0.263 e. The molecule has 106 valence electrons. The number of hydrogen-bond acceptors (Lipinski definition) is 3. The number of benzene rings is 2. The molecule has 0 bridgehead atoms. The van der Waals surface area contributed by atoms with Gasteiger partial charge in [0.15, 0.2) is 9.84 Å². The number of rotatable bonds is 3. The van der Waals surface area contributed by atoms with E-state index in [1.54, 1.807) is 18.2 Å². The Morgan fingerprint density at radius 3 is 2.10 bits per heavy atom. The molecule has 0 unspecified atom stereocenters. The van der Waals surface area contributed by atoms with Crippen molar-refractivity contribution < 1.29 is 17.2 Å². The Morgan fingerprint density at radius 2 is 1.60 bits per heavy atom. The molecule has 2 aromatic rings. The highest BCUT2D eigenvalue weighted by molar-refractivity contribution is 7.90. The van der Waals surface area contributed by atoms with Crippen LogP contribution in [0.25, 0.3) is 11.1 Å². The largest absolute Gasteiger partial charge is 0.399 e. The van der Waals surface area contributed by atoms with E-state index in [0.29, 0.717) is 11.1 Å². The first-order chi connectivity index (χ1) is 9.27. The highest BCUT2D eigenvalue weighted by atomic mass is 32.2. The third-order valence-electron chi connectivity index (χ3n) is 2.85. The molecule has 0 aliphatic rings. The van der Waals surface area contributed by atoms with Gasteiger partial charge in [0.25, 0.3) is 6.43 Å². The smallest absolute Gasteiger partial charge is 0.263 e. The summed E-state index contributed by atoms with van der Waals surface area (Å²) in [6.07, 6.45) is -1.50. The number of sulfone groups is 1. The van der Waals surface area contributed by atoms with Crippen molar-refractivity contribution >= 4 is 15.5 Å². The van der Waals surface area contributed by atoms with Gasteiger partial charge in [-0.05, 0) is 41.5 Å². The fraction of sp³-hybridized carbons (Fsp3) is 0.143. The Hall–Kier alpha value is -1.95. The van der Waals surface area contributed by atoms with Gasteiger partial charge in [-0.3, -0.25) is 0 Å². The number of nitrogens with two attached hydrogens (primary N) is 1. The van der Waals surface area contributed by atoms with E-state index in [1.165, 1.54) is 24.3 Å². The second-order valence-electron chi connectivity index (χ2n) is 4.49. The molecule has 0 aliphatic carbocycles. The topological polar surface area (TPSA) is 60.2 Å². The Morgan fingerprint density at radius 1 is 1.00 bits per heavy atom. The van der Waals surface area contributed by atoms with Crippen LogP contribution in [0.15, 0.2) is 47.4 Å². The molecular weight excluding hydrogens is 284 g/mol. The molecule has 2 aromatic carbocycles. The van der Waals surface area contributed by atoms with Crippen molar-refractivity contribution in [2.75, 3.05) is 12.0 Å². The molecule has 0 heterocycles. The van der Waals surface area contributed by atoms with Gasteiger partial charge >= 0.3 is 0 Å². The quantitative estimate of drug-likeness (QED) is 0.884. The molecule has 2 rings (SSSR count). The van der Waals surface area contributed by atoms with E-state index in [0.717, 1.165) is 6.26 Å². The van der Waals surface area contributed by atoms with E-state index in [4.69, 9.17) is 5.73 Å². The summed E-state index contributed by atoms with van der Waals surface area (Å²) in [6.45, 7) is 0. The molecule has 0 atom stereocenters. The van der Waals surface area contributed by atoms with Gasteiger partial charge in [-0.2, -0.15) is 0 Å². The molecule has 0 aromatic heterocycles. The van der Waals surface area contributed by atoms with Crippen molar-refractivity contribution in [1.29, 1.82) is 0 Å². The predicted molar refractivity (Wildman–Crippen MR) is 74.4 cm³/mol. The third-order valence-corrected chi connectivity index (χ3v) is 3.97. The van der Waals surface area contributed by atoms with Gasteiger partial charge < -0.3 is 5.73 Å². The molecule has 0 aliphatic heterocycles. The zero-order valence-electron chi connectivity index (χ0n) is 10.7. The second kappa shape index (κ2) is 5.20. The number of hydrogen-bond donors (Lipinski definition) is 1. The maximum absolute atomic E-state index is 12.7. The molecule has 3 nitrogen and oxygen atoms in total. The van der Waals surface area contributed by atoms with Gasteiger partial charge in [0.1, 0.15) is 0 Å². The Bertz CT molecular complexity index is 725. The van der Waals surface area contributed by atoms with Crippen molar-refractivity contribution in [2.24, 2.45) is 0 Å². The average Bonchev–Trinajstić information content (AvgIpc) is 2.37. The lowest BCUT2D eigenvalue weighted by Crippen LogP contribution is -1.96. The van der Waals surface area contributed by atoms with Gasteiger partial charge in [-0.1, -0.05) is 12.1 Å². The molecule has 2 N–H and O–H groups in total. The van der Waals surface area contributed by atoms with E-state index >= 15 is 0 Å². The number of alkyl halides is 2. The second-order valence-corrected chi connectivity index (χ2v) is 6.50. The normalized spacial score (nSPS) is 11.8. The Kier molecular flexibility index (Phi) is 3.76. The summed E-state index contributed by atoms with van der Waals surface area (Å²) >= 11 is 0. The van der Waals surface area contributed by atoms with Crippen molar-refractivity contribution in [3.63, 3.8) is 0 Å². The van der Waals surface area contributed by atoms with Crippen LogP contribution in [0.3, 0.4) is 0 Å². The molecule has 0 saturated heterocycles. The minimum Gasteiger partial charge on any atom is -0.399 e. The van der Waals surface area contributed by atoms with E-state index < -0.39 is 16.3 Å². The highest BCUT2D eigenvalue weighted by Crippen LogP contribution is 2.29. The summed E-state index contributed by atoms with van der Waals surface area (Å²) in [5, 5.41) is 0. The first kappa shape index (κ1) is 14.5. The lowest BCUT2D eigenvalue weighted by Gasteiger charge is -2.08. The Labute approximate surface area is 116 Å². The van der Waals surface area contributed by atoms with Crippen LogP contribution in [-0.2, 0) is 9.84 Å². The van der Waals surface area contributed by atoms with Crippen LogP contribution in [-0.4, -0.2) is 14.7 Å². The number of anilines is 1. The molecular formula is C14H13F2NO2S. The van der Waals surface area contributed by atoms with E-state index in [9.17, 15) is 17.2 Å². The van der Waals surface area contributed by atoms with Crippen LogP contribution in [0, 0.1) is 0 Å². The molecule has 6 heteroatoms. The summed E-state index contributed by atoms with van der Waals surface area (Å²) in [5.74, 6) is 0. The molecule has 0 spiro atoms. The van der Waals surface area contributed by atoms with Crippen LogP contribution in [0.4, 0.5) is 14.5 Å². The Balaban J connectivity index is 2.47. The van der Waals surface area contributed by atoms with Crippen molar-refractivity contribution in [2.45, 2.75) is 11.3 Å². The van der Waals surface area contributed by atoms with E-state index in [-0.39, 0.29) is 16.1 Å². The van der Waals surface area contributed by atoms with Crippen molar-refractivity contribution in [3.05, 3.63) is 48.0 Å². The molecule has 0 saturated carbocycles. The maximum atomic E-state index is 12.7. The van der Waals surface area contributed by atoms with Crippen LogP contribution in [0.5, 0.6) is 0 Å². The third kappa shape index (κ3) is 3.14. The van der Waals surface area contributed by atoms with Gasteiger partial charge in [0.2, 0.25) is 0 Å². The van der Waals surface area contributed by atoms with Crippen LogP contribution in [0.1, 0.15) is 12.0 Å². The molecule has 0 radical (unpaired) electrons. The van der Waals surface area contributed by atoms with Gasteiger partial charge in [0, 0.05) is 17.5 Å². The summed E-state index contributed by atoms with van der Waals surface area (Å²) < 4.78 is 48.2. The first-order valence-corrected chi connectivity index (χ1v) is 7.65. The predicted octanol–water partition coefficient (Wildman–Crippen LogP) is 3.28. The minimum absolute atomic E-state index is 0.160. The standard InChI is InChI=1S/C14H13F2NO2S/c1-20(18,19)13-4-2-9(3-5-13)10-6-11(14(15)16)8-12(17)7-10/h2-8,14H,17H2,1H3.